The van der Waals surface area contributed by atoms with Gasteiger partial charge in [-0.25, -0.2) is 4.68 Å². The fraction of sp³-hybridized carbons (Fsp3) is 0.238. The third-order valence-electron chi connectivity index (χ3n) is 4.07. The Balaban J connectivity index is 1.58. The summed E-state index contributed by atoms with van der Waals surface area (Å²) in [6, 6.07) is 11.2. The molecule has 0 bridgehead atoms. The number of aromatic nitrogens is 3. The third-order valence-corrected chi connectivity index (χ3v) is 4.07. The van der Waals surface area contributed by atoms with Crippen LogP contribution in [0.2, 0.25) is 0 Å². The summed E-state index contributed by atoms with van der Waals surface area (Å²) in [5.74, 6) is 0.926. The standard InChI is InChI=1S/C21H20F3N3O3/c1-3-4-15-7-10-19(20(11-15)28-2)29-14-17-13-27(26-25-17)12-16-5-8-18(9-6-16)30-21(22,23)24/h3,5-11,13H,1,4,12,14H2,2H3. The van der Waals surface area contributed by atoms with Crippen molar-refractivity contribution >= 4 is 0 Å². The van der Waals surface area contributed by atoms with Gasteiger partial charge in [0.1, 0.15) is 18.1 Å². The Bertz CT molecular complexity index is 985. The van der Waals surface area contributed by atoms with Crippen LogP contribution in [0.1, 0.15) is 16.8 Å². The van der Waals surface area contributed by atoms with Crippen LogP contribution < -0.4 is 14.2 Å². The molecule has 0 radical (unpaired) electrons. The highest BCUT2D eigenvalue weighted by molar-refractivity contribution is 5.43. The van der Waals surface area contributed by atoms with Crippen molar-refractivity contribution in [1.82, 2.24) is 15.0 Å². The van der Waals surface area contributed by atoms with Gasteiger partial charge < -0.3 is 14.2 Å². The van der Waals surface area contributed by atoms with Gasteiger partial charge in [0.15, 0.2) is 11.5 Å². The van der Waals surface area contributed by atoms with Crippen molar-refractivity contribution in [1.29, 1.82) is 0 Å². The number of halogens is 3. The van der Waals surface area contributed by atoms with Crippen molar-refractivity contribution < 1.29 is 27.4 Å². The van der Waals surface area contributed by atoms with Crippen LogP contribution in [0.4, 0.5) is 13.2 Å². The highest BCUT2D eigenvalue weighted by atomic mass is 19.4. The topological polar surface area (TPSA) is 58.4 Å². The molecular weight excluding hydrogens is 399 g/mol. The van der Waals surface area contributed by atoms with E-state index in [2.05, 4.69) is 21.6 Å². The van der Waals surface area contributed by atoms with Gasteiger partial charge >= 0.3 is 6.36 Å². The zero-order valence-electron chi connectivity index (χ0n) is 16.2. The average Bonchev–Trinajstić information content (AvgIpc) is 3.15. The van der Waals surface area contributed by atoms with Crippen molar-refractivity contribution in [2.24, 2.45) is 0 Å². The maximum absolute atomic E-state index is 12.2. The normalized spacial score (nSPS) is 11.2. The molecule has 0 fully saturated rings. The number of allylic oxidation sites excluding steroid dienone is 1. The van der Waals surface area contributed by atoms with Crippen molar-refractivity contribution in [3.8, 4) is 17.2 Å². The maximum Gasteiger partial charge on any atom is 0.573 e. The molecule has 0 N–H and O–H groups in total. The van der Waals surface area contributed by atoms with Crippen molar-refractivity contribution in [2.45, 2.75) is 25.9 Å². The van der Waals surface area contributed by atoms with Crippen LogP contribution in [-0.4, -0.2) is 28.5 Å². The van der Waals surface area contributed by atoms with Crippen LogP contribution >= 0.6 is 0 Å². The molecule has 3 aromatic rings. The van der Waals surface area contributed by atoms with Gasteiger partial charge in [-0.15, -0.1) is 24.8 Å². The summed E-state index contributed by atoms with van der Waals surface area (Å²) in [4.78, 5) is 0. The zero-order valence-corrected chi connectivity index (χ0v) is 16.2. The Morgan fingerprint density at radius 3 is 2.47 bits per heavy atom. The fourth-order valence-electron chi connectivity index (χ4n) is 2.74. The van der Waals surface area contributed by atoms with E-state index in [4.69, 9.17) is 9.47 Å². The number of ether oxygens (including phenoxy) is 3. The second-order valence-electron chi connectivity index (χ2n) is 6.37. The zero-order chi connectivity index (χ0) is 21.6. The number of rotatable bonds is 9. The van der Waals surface area contributed by atoms with Crippen molar-refractivity contribution in [3.05, 3.63) is 78.1 Å². The minimum Gasteiger partial charge on any atom is -0.493 e. The van der Waals surface area contributed by atoms with Gasteiger partial charge in [0.2, 0.25) is 0 Å². The molecule has 1 aromatic heterocycles. The first-order valence-electron chi connectivity index (χ1n) is 9.00. The lowest BCUT2D eigenvalue weighted by Gasteiger charge is -2.10. The van der Waals surface area contributed by atoms with Gasteiger partial charge in [-0.1, -0.05) is 29.5 Å². The second-order valence-corrected chi connectivity index (χ2v) is 6.37. The average molecular weight is 419 g/mol. The number of hydrogen-bond acceptors (Lipinski definition) is 5. The maximum atomic E-state index is 12.2. The van der Waals surface area contributed by atoms with Gasteiger partial charge in [0.05, 0.1) is 19.9 Å². The quantitative estimate of drug-likeness (QED) is 0.477. The highest BCUT2D eigenvalue weighted by Gasteiger charge is 2.30. The van der Waals surface area contributed by atoms with Crippen LogP contribution in [-0.2, 0) is 19.6 Å². The van der Waals surface area contributed by atoms with E-state index in [-0.39, 0.29) is 12.4 Å². The van der Waals surface area contributed by atoms with Gasteiger partial charge in [-0.05, 0) is 41.8 Å². The first-order chi connectivity index (χ1) is 14.4. The Morgan fingerprint density at radius 1 is 1.07 bits per heavy atom. The molecule has 0 aliphatic rings. The molecule has 0 spiro atoms. The SMILES string of the molecule is C=CCc1ccc(OCc2cn(Cc3ccc(OC(F)(F)F)cc3)nn2)c(OC)c1. The van der Waals surface area contributed by atoms with E-state index in [1.807, 2.05) is 24.3 Å². The molecule has 0 atom stereocenters. The predicted octanol–water partition coefficient (Wildman–Crippen LogP) is 4.54. The number of benzene rings is 2. The molecule has 0 amide bonds. The molecule has 30 heavy (non-hydrogen) atoms. The molecule has 1 heterocycles. The van der Waals surface area contributed by atoms with E-state index in [1.54, 1.807) is 18.0 Å². The van der Waals surface area contributed by atoms with Gasteiger partial charge in [0.25, 0.3) is 0 Å². The molecule has 0 saturated heterocycles. The smallest absolute Gasteiger partial charge is 0.493 e. The van der Waals surface area contributed by atoms with Crippen LogP contribution in [0.25, 0.3) is 0 Å². The monoisotopic (exact) mass is 419 g/mol. The van der Waals surface area contributed by atoms with Crippen LogP contribution in [0.5, 0.6) is 17.2 Å². The molecule has 0 saturated carbocycles. The fourth-order valence-corrected chi connectivity index (χ4v) is 2.74. The van der Waals surface area contributed by atoms with E-state index in [9.17, 15) is 13.2 Å². The van der Waals surface area contributed by atoms with Crippen LogP contribution in [0, 0.1) is 0 Å². The minimum atomic E-state index is -4.71. The molecule has 158 valence electrons. The Morgan fingerprint density at radius 2 is 1.80 bits per heavy atom. The third kappa shape index (κ3) is 6.00. The van der Waals surface area contributed by atoms with E-state index in [1.165, 1.54) is 24.3 Å². The molecule has 9 heteroatoms. The summed E-state index contributed by atoms with van der Waals surface area (Å²) < 4.78 is 53.2. The number of hydrogen-bond donors (Lipinski definition) is 0. The number of alkyl halides is 3. The van der Waals surface area contributed by atoms with E-state index >= 15 is 0 Å². The first kappa shape index (κ1) is 21.2. The Hall–Kier alpha value is -3.49. The summed E-state index contributed by atoms with van der Waals surface area (Å²) in [5.41, 5.74) is 2.41. The summed E-state index contributed by atoms with van der Waals surface area (Å²) in [6.07, 6.45) is -0.464. The predicted molar refractivity (Wildman–Crippen MR) is 103 cm³/mol. The van der Waals surface area contributed by atoms with Crippen molar-refractivity contribution in [3.63, 3.8) is 0 Å². The first-order valence-corrected chi connectivity index (χ1v) is 9.00. The lowest BCUT2D eigenvalue weighted by molar-refractivity contribution is -0.274. The second kappa shape index (κ2) is 9.34. The molecule has 3 rings (SSSR count). The van der Waals surface area contributed by atoms with Gasteiger partial charge in [-0.2, -0.15) is 0 Å². The lowest BCUT2D eigenvalue weighted by Crippen LogP contribution is -2.17. The Kier molecular flexibility index (Phi) is 6.61. The molecular formula is C21H20F3N3O3. The van der Waals surface area contributed by atoms with Crippen molar-refractivity contribution in [2.75, 3.05) is 7.11 Å². The largest absolute Gasteiger partial charge is 0.573 e. The molecule has 0 aliphatic carbocycles. The highest BCUT2D eigenvalue weighted by Crippen LogP contribution is 2.29. The Labute approximate surface area is 171 Å². The van der Waals surface area contributed by atoms with Gasteiger partial charge in [0, 0.05) is 0 Å². The summed E-state index contributed by atoms with van der Waals surface area (Å²) in [5, 5.41) is 8.08. The lowest BCUT2D eigenvalue weighted by atomic mass is 10.1. The van der Waals surface area contributed by atoms with Gasteiger partial charge in [-0.3, -0.25) is 0 Å². The summed E-state index contributed by atoms with van der Waals surface area (Å²) in [7, 11) is 1.57. The molecule has 2 aromatic carbocycles. The van der Waals surface area contributed by atoms with E-state index < -0.39 is 6.36 Å². The minimum absolute atomic E-state index is 0.190. The summed E-state index contributed by atoms with van der Waals surface area (Å²) >= 11 is 0. The van der Waals surface area contributed by atoms with Crippen LogP contribution in [0.3, 0.4) is 0 Å². The van der Waals surface area contributed by atoms with E-state index in [0.29, 0.717) is 23.7 Å². The number of nitrogens with zero attached hydrogens (tertiary/aromatic N) is 3. The molecule has 6 nitrogen and oxygen atoms in total. The summed E-state index contributed by atoms with van der Waals surface area (Å²) in [6.45, 7) is 4.26. The van der Waals surface area contributed by atoms with Crippen LogP contribution in [0.15, 0.2) is 61.3 Å². The molecule has 0 unspecified atom stereocenters. The molecule has 0 aliphatic heterocycles. The number of methoxy groups -OCH3 is 1. The van der Waals surface area contributed by atoms with E-state index in [0.717, 1.165) is 17.5 Å².